The predicted molar refractivity (Wildman–Crippen MR) is 121 cm³/mol. The Hall–Kier alpha value is -2.95. The Kier molecular flexibility index (Phi) is 8.06. The van der Waals surface area contributed by atoms with Gasteiger partial charge in [0.05, 0.1) is 24.4 Å². The van der Waals surface area contributed by atoms with E-state index in [0.717, 1.165) is 36.2 Å². The second-order valence-electron chi connectivity index (χ2n) is 8.58. The van der Waals surface area contributed by atoms with Crippen LogP contribution in [0.4, 0.5) is 0 Å². The summed E-state index contributed by atoms with van der Waals surface area (Å²) in [7, 11) is 0. The van der Waals surface area contributed by atoms with Crippen molar-refractivity contribution in [3.63, 3.8) is 0 Å². The Bertz CT molecular complexity index is 956. The molecule has 1 N–H and O–H groups in total. The number of aryl methyl sites for hydroxylation is 1. The summed E-state index contributed by atoms with van der Waals surface area (Å²) in [5.74, 6) is -1.44. The number of nitrogens with one attached hydrogen (secondary N) is 1. The minimum Gasteiger partial charge on any atom is -0.478 e. The van der Waals surface area contributed by atoms with Gasteiger partial charge in [0.15, 0.2) is 0 Å². The number of hydrogen-bond donors (Lipinski definition) is 2. The number of hydrazone groups is 1. The van der Waals surface area contributed by atoms with Crippen molar-refractivity contribution in [3.8, 4) is 5.88 Å². The minimum atomic E-state index is -0.662. The van der Waals surface area contributed by atoms with Gasteiger partial charge in [-0.2, -0.15) is 17.7 Å². The van der Waals surface area contributed by atoms with E-state index in [1.54, 1.807) is 6.07 Å². The van der Waals surface area contributed by atoms with Crippen LogP contribution in [-0.2, 0) is 30.4 Å². The number of rotatable bonds is 9. The number of aromatic nitrogens is 1. The third-order valence-corrected chi connectivity index (χ3v) is 5.13. The second-order valence-corrected chi connectivity index (χ2v) is 9.79. The van der Waals surface area contributed by atoms with Gasteiger partial charge in [0.1, 0.15) is 0 Å². The van der Waals surface area contributed by atoms with Crippen LogP contribution >= 0.6 is 12.6 Å². The molecule has 33 heavy (non-hydrogen) atoms. The summed E-state index contributed by atoms with van der Waals surface area (Å²) < 4.78 is 5.22. The molecule has 1 aromatic rings. The summed E-state index contributed by atoms with van der Waals surface area (Å²) >= 11 is 4.36. The lowest BCUT2D eigenvalue weighted by Gasteiger charge is -2.19. The van der Waals surface area contributed by atoms with Crippen molar-refractivity contribution in [2.75, 3.05) is 6.61 Å². The predicted octanol–water partition coefficient (Wildman–Crippen LogP) is 2.10. The zero-order valence-corrected chi connectivity index (χ0v) is 19.7. The number of carbonyl (C=O) groups is 4. The summed E-state index contributed by atoms with van der Waals surface area (Å²) in [4.78, 5) is 56.1. The van der Waals surface area contributed by atoms with Gasteiger partial charge in [0, 0.05) is 35.6 Å². The molecule has 1 fully saturated rings. The summed E-state index contributed by atoms with van der Waals surface area (Å²) in [5, 5.41) is 4.82. The first kappa shape index (κ1) is 24.7. The molecule has 0 atom stereocenters. The van der Waals surface area contributed by atoms with Crippen molar-refractivity contribution < 1.29 is 28.8 Å². The maximum absolute atomic E-state index is 12.0. The maximum Gasteiger partial charge on any atom is 0.333 e. The fraction of sp³-hybridized carbons (Fsp3) is 0.545. The van der Waals surface area contributed by atoms with Crippen LogP contribution in [0, 0.1) is 0 Å². The average Bonchev–Trinajstić information content (AvgIpc) is 3.06. The standard InChI is InChI=1S/C22H28N4O6S/c1-22(2,33)13-17(27)25-24-16-6-3-5-15-14(16)8-9-18(23-15)31-12-4-7-21(30)32-26-19(28)10-11-20(26)29/h8-9,33H,3-7,10-13H2,1-2H3,(H,25,27)/b24-16-. The number of hydrogen-bond acceptors (Lipinski definition) is 9. The Labute approximate surface area is 197 Å². The summed E-state index contributed by atoms with van der Waals surface area (Å²) in [6, 6.07) is 3.58. The number of carbonyl (C=O) groups excluding carboxylic acids is 4. The molecule has 1 aromatic heterocycles. The van der Waals surface area contributed by atoms with Gasteiger partial charge in [-0.1, -0.05) is 13.8 Å². The smallest absolute Gasteiger partial charge is 0.333 e. The van der Waals surface area contributed by atoms with Crippen molar-refractivity contribution >= 4 is 42.0 Å². The van der Waals surface area contributed by atoms with Gasteiger partial charge in [0.2, 0.25) is 11.8 Å². The van der Waals surface area contributed by atoms with Crippen molar-refractivity contribution in [3.05, 3.63) is 23.4 Å². The molecule has 3 rings (SSSR count). The minimum absolute atomic E-state index is 0.00158. The molecule has 11 heteroatoms. The molecular weight excluding hydrogens is 448 g/mol. The van der Waals surface area contributed by atoms with Crippen LogP contribution in [0.1, 0.15) is 70.1 Å². The number of pyridine rings is 1. The SMILES string of the molecule is CC(C)(S)CC(=O)N/N=C1/CCCc2nc(OCCCC(=O)ON3C(=O)CCC3=O)ccc21. The molecule has 178 valence electrons. The van der Waals surface area contributed by atoms with Crippen molar-refractivity contribution in [1.29, 1.82) is 0 Å². The van der Waals surface area contributed by atoms with Crippen LogP contribution in [-0.4, -0.2) is 50.8 Å². The molecular formula is C22H28N4O6S. The van der Waals surface area contributed by atoms with Crippen LogP contribution in [0.15, 0.2) is 17.2 Å². The van der Waals surface area contributed by atoms with Gasteiger partial charge in [-0.3, -0.25) is 14.4 Å². The zero-order valence-electron chi connectivity index (χ0n) is 18.8. The highest BCUT2D eigenvalue weighted by Gasteiger charge is 2.32. The molecule has 1 saturated heterocycles. The lowest BCUT2D eigenvalue weighted by atomic mass is 9.94. The van der Waals surface area contributed by atoms with Crippen LogP contribution in [0.5, 0.6) is 5.88 Å². The van der Waals surface area contributed by atoms with E-state index in [0.29, 0.717) is 17.4 Å². The van der Waals surface area contributed by atoms with E-state index in [1.807, 2.05) is 19.9 Å². The molecule has 3 amide bonds. The normalized spacial score (nSPS) is 17.2. The highest BCUT2D eigenvalue weighted by atomic mass is 32.1. The largest absolute Gasteiger partial charge is 0.478 e. The molecule has 0 radical (unpaired) electrons. The topological polar surface area (TPSA) is 127 Å². The van der Waals surface area contributed by atoms with Gasteiger partial charge >= 0.3 is 5.97 Å². The van der Waals surface area contributed by atoms with Gasteiger partial charge < -0.3 is 9.57 Å². The average molecular weight is 477 g/mol. The summed E-state index contributed by atoms with van der Waals surface area (Å²) in [6.45, 7) is 3.95. The fourth-order valence-corrected chi connectivity index (χ4v) is 3.59. The number of amides is 3. The number of imide groups is 1. The van der Waals surface area contributed by atoms with Crippen molar-refractivity contribution in [2.45, 2.75) is 70.0 Å². The van der Waals surface area contributed by atoms with E-state index in [-0.39, 0.29) is 38.2 Å². The highest BCUT2D eigenvalue weighted by Crippen LogP contribution is 2.23. The summed E-state index contributed by atoms with van der Waals surface area (Å²) in [5.41, 5.74) is 5.09. The van der Waals surface area contributed by atoms with Gasteiger partial charge in [0.25, 0.3) is 11.8 Å². The van der Waals surface area contributed by atoms with Crippen molar-refractivity contribution in [2.24, 2.45) is 5.10 Å². The van der Waals surface area contributed by atoms with Crippen LogP contribution in [0.2, 0.25) is 0 Å². The fourth-order valence-electron chi connectivity index (χ4n) is 3.45. The zero-order chi connectivity index (χ0) is 24.0. The Morgan fingerprint density at radius 3 is 2.61 bits per heavy atom. The Balaban J connectivity index is 1.48. The van der Waals surface area contributed by atoms with E-state index < -0.39 is 22.5 Å². The number of fused-ring (bicyclic) bond motifs is 1. The molecule has 0 aromatic carbocycles. The molecule has 1 aliphatic heterocycles. The molecule has 0 unspecified atom stereocenters. The molecule has 2 heterocycles. The van der Waals surface area contributed by atoms with E-state index in [2.05, 4.69) is 28.1 Å². The van der Waals surface area contributed by atoms with E-state index >= 15 is 0 Å². The highest BCUT2D eigenvalue weighted by molar-refractivity contribution is 7.81. The Morgan fingerprint density at radius 2 is 1.91 bits per heavy atom. The number of ether oxygens (including phenoxy) is 1. The summed E-state index contributed by atoms with van der Waals surface area (Å²) in [6.07, 6.45) is 3.09. The third-order valence-electron chi connectivity index (χ3n) is 4.97. The molecule has 1 aliphatic carbocycles. The molecule has 0 saturated carbocycles. The van der Waals surface area contributed by atoms with Gasteiger partial charge in [-0.25, -0.2) is 15.2 Å². The number of hydroxylamine groups is 2. The van der Waals surface area contributed by atoms with E-state index in [1.165, 1.54) is 0 Å². The van der Waals surface area contributed by atoms with Gasteiger partial charge in [-0.15, -0.1) is 5.06 Å². The third kappa shape index (κ3) is 7.28. The second kappa shape index (κ2) is 10.8. The Morgan fingerprint density at radius 1 is 1.18 bits per heavy atom. The van der Waals surface area contributed by atoms with Crippen LogP contribution in [0.3, 0.4) is 0 Å². The quantitative estimate of drug-likeness (QED) is 0.242. The van der Waals surface area contributed by atoms with E-state index in [4.69, 9.17) is 9.57 Å². The molecule has 0 bridgehead atoms. The van der Waals surface area contributed by atoms with Gasteiger partial charge in [-0.05, 0) is 31.7 Å². The molecule has 10 nitrogen and oxygen atoms in total. The first-order valence-corrected chi connectivity index (χ1v) is 11.3. The number of nitrogens with zero attached hydrogens (tertiary/aromatic N) is 3. The molecule has 2 aliphatic rings. The number of thiol groups is 1. The van der Waals surface area contributed by atoms with Crippen LogP contribution < -0.4 is 10.2 Å². The van der Waals surface area contributed by atoms with Crippen LogP contribution in [0.25, 0.3) is 0 Å². The molecule has 0 spiro atoms. The maximum atomic E-state index is 12.0. The van der Waals surface area contributed by atoms with E-state index in [9.17, 15) is 19.2 Å². The first-order chi connectivity index (χ1) is 15.6. The lowest BCUT2D eigenvalue weighted by molar-refractivity contribution is -0.197. The lowest BCUT2D eigenvalue weighted by Crippen LogP contribution is -2.32. The monoisotopic (exact) mass is 476 g/mol. The van der Waals surface area contributed by atoms with Crippen molar-refractivity contribution in [1.82, 2.24) is 15.5 Å². The first-order valence-electron chi connectivity index (χ1n) is 10.9.